The van der Waals surface area contributed by atoms with Gasteiger partial charge in [0.2, 0.25) is 5.91 Å². The highest BCUT2D eigenvalue weighted by molar-refractivity contribution is 8.23. The lowest BCUT2D eigenvalue weighted by molar-refractivity contribution is -0.192. The van der Waals surface area contributed by atoms with Crippen LogP contribution in [0.3, 0.4) is 0 Å². The summed E-state index contributed by atoms with van der Waals surface area (Å²) in [6, 6.07) is -1.08. The van der Waals surface area contributed by atoms with Crippen molar-refractivity contribution < 1.29 is 34.1 Å². The maximum absolute atomic E-state index is 13.2. The second kappa shape index (κ2) is 15.2. The molecule has 1 fully saturated rings. The smallest absolute Gasteiger partial charge is 0.352 e. The van der Waals surface area contributed by atoms with E-state index in [0.717, 1.165) is 37.5 Å². The Morgan fingerprint density at radius 2 is 1.95 bits per heavy atom. The SMILES string of the molecule is CCN(CC)CCCN(C)C(=S)SCC1=C(C(=O)O)N2C(=O)[C@](NC(=O)CCCC(N)C(=O)O)(OC)[C@@H]2SC1. The van der Waals surface area contributed by atoms with Crippen LogP contribution < -0.4 is 11.1 Å². The number of β-lactam (4-membered cyclic amide) rings is 1. The van der Waals surface area contributed by atoms with Gasteiger partial charge in [-0.05, 0) is 44.5 Å². The van der Waals surface area contributed by atoms with Crippen molar-refractivity contribution >= 4 is 63.8 Å². The van der Waals surface area contributed by atoms with Gasteiger partial charge in [-0.25, -0.2) is 4.79 Å². The van der Waals surface area contributed by atoms with Gasteiger partial charge in [-0.1, -0.05) is 37.8 Å². The number of hydrogen-bond donors (Lipinski definition) is 4. The third kappa shape index (κ3) is 8.07. The number of carboxylic acid groups (broad SMARTS) is 2. The highest BCUT2D eigenvalue weighted by atomic mass is 32.2. The van der Waals surface area contributed by atoms with Crippen molar-refractivity contribution in [3.05, 3.63) is 11.3 Å². The zero-order valence-corrected chi connectivity index (χ0v) is 25.3. The van der Waals surface area contributed by atoms with Crippen molar-refractivity contribution in [3.63, 3.8) is 0 Å². The predicted octanol–water partition coefficient (Wildman–Crippen LogP) is 0.963. The van der Waals surface area contributed by atoms with Gasteiger partial charge in [-0.15, -0.1) is 11.8 Å². The minimum atomic E-state index is -1.70. The second-order valence-corrected chi connectivity index (χ2v) is 12.0. The first-order valence-electron chi connectivity index (χ1n) is 12.8. The molecule has 0 radical (unpaired) electrons. The minimum Gasteiger partial charge on any atom is -0.480 e. The number of carboxylic acids is 2. The number of nitrogens with zero attached hydrogens (tertiary/aromatic N) is 3. The van der Waals surface area contributed by atoms with E-state index in [1.807, 2.05) is 11.9 Å². The summed E-state index contributed by atoms with van der Waals surface area (Å²) in [5.74, 6) is -2.93. The van der Waals surface area contributed by atoms with E-state index in [-0.39, 0.29) is 25.0 Å². The quantitative estimate of drug-likeness (QED) is 0.112. The Kier molecular flexibility index (Phi) is 13.0. The first-order valence-corrected chi connectivity index (χ1v) is 15.2. The summed E-state index contributed by atoms with van der Waals surface area (Å²) in [6.07, 6.45) is 1.21. The van der Waals surface area contributed by atoms with E-state index >= 15 is 0 Å². The molecular formula is C24H39N5O7S3. The number of rotatable bonds is 16. The Labute approximate surface area is 243 Å². The van der Waals surface area contributed by atoms with E-state index in [4.69, 9.17) is 27.8 Å². The first-order chi connectivity index (χ1) is 18.4. The molecule has 2 rings (SSSR count). The van der Waals surface area contributed by atoms with Crippen LogP contribution in [-0.4, -0.2) is 122 Å². The fourth-order valence-corrected chi connectivity index (χ4v) is 7.04. The number of ether oxygens (including phenoxy) is 1. The number of thioether (sulfide) groups is 2. The minimum absolute atomic E-state index is 0.0554. The molecule has 3 atom stereocenters. The van der Waals surface area contributed by atoms with Gasteiger partial charge in [0.1, 0.15) is 21.4 Å². The summed E-state index contributed by atoms with van der Waals surface area (Å²) in [5.41, 5.74) is 4.22. The number of fused-ring (bicyclic) bond motifs is 1. The molecule has 1 unspecified atom stereocenters. The maximum atomic E-state index is 13.2. The van der Waals surface area contributed by atoms with Crippen LogP contribution in [0.2, 0.25) is 0 Å². The standard InChI is InChI=1S/C24H39N5O7S3/c1-5-28(6-2)12-8-11-27(3)23(37)39-14-15-13-38-22-24(36-4,21(35)29(22)18(15)20(33)34)26-17(30)10-7-9-16(25)19(31)32/h16,22H,5-14,25H2,1-4H3,(H,26,30)(H,31,32)(H,33,34)/t16?,22-,24-/m0/s1. The van der Waals surface area contributed by atoms with Gasteiger partial charge in [0.25, 0.3) is 11.6 Å². The van der Waals surface area contributed by atoms with Crippen molar-refractivity contribution in [2.45, 2.75) is 56.7 Å². The molecule has 0 aromatic rings. The fourth-order valence-electron chi connectivity index (χ4n) is 4.35. The Bertz CT molecular complexity index is 978. The topological polar surface area (TPSA) is 166 Å². The lowest BCUT2D eigenvalue weighted by Gasteiger charge is -2.55. The molecule has 0 aromatic heterocycles. The van der Waals surface area contributed by atoms with E-state index in [9.17, 15) is 24.3 Å². The van der Waals surface area contributed by atoms with Crippen LogP contribution in [-0.2, 0) is 23.9 Å². The third-order valence-corrected chi connectivity index (χ3v) is 9.83. The van der Waals surface area contributed by atoms with Gasteiger partial charge in [-0.3, -0.25) is 19.3 Å². The zero-order valence-electron chi connectivity index (χ0n) is 22.8. The third-order valence-electron chi connectivity index (χ3n) is 6.74. The van der Waals surface area contributed by atoms with Gasteiger partial charge in [-0.2, -0.15) is 0 Å². The van der Waals surface area contributed by atoms with E-state index in [1.165, 1.54) is 30.6 Å². The normalized spacial score (nSPS) is 21.3. The summed E-state index contributed by atoms with van der Waals surface area (Å²) in [6.45, 7) is 8.00. The summed E-state index contributed by atoms with van der Waals surface area (Å²) in [5, 5.41) is 20.7. The lowest BCUT2D eigenvalue weighted by Crippen LogP contribution is -2.80. The van der Waals surface area contributed by atoms with E-state index in [2.05, 4.69) is 24.1 Å². The van der Waals surface area contributed by atoms with Gasteiger partial charge in [0.05, 0.1) is 0 Å². The number of carbonyl (C=O) groups is 4. The molecule has 2 aliphatic rings. The van der Waals surface area contributed by atoms with Crippen molar-refractivity contribution in [2.75, 3.05) is 51.8 Å². The largest absolute Gasteiger partial charge is 0.480 e. The Morgan fingerprint density at radius 3 is 2.51 bits per heavy atom. The predicted molar refractivity (Wildman–Crippen MR) is 155 cm³/mol. The molecular weight excluding hydrogens is 566 g/mol. The van der Waals surface area contributed by atoms with Crippen molar-refractivity contribution in [3.8, 4) is 0 Å². The highest BCUT2D eigenvalue weighted by Crippen LogP contribution is 2.47. The average Bonchev–Trinajstić information content (AvgIpc) is 2.91. The van der Waals surface area contributed by atoms with Crippen LogP contribution in [0.4, 0.5) is 0 Å². The van der Waals surface area contributed by atoms with Crippen LogP contribution in [0.25, 0.3) is 0 Å². The van der Waals surface area contributed by atoms with E-state index in [0.29, 0.717) is 21.4 Å². The molecule has 0 saturated carbocycles. The lowest BCUT2D eigenvalue weighted by atomic mass is 9.98. The molecule has 0 aromatic carbocycles. The van der Waals surface area contributed by atoms with Crippen LogP contribution >= 0.6 is 35.7 Å². The molecule has 1 saturated heterocycles. The molecule has 0 spiro atoms. The average molecular weight is 606 g/mol. The Hall–Kier alpha value is -1.91. The summed E-state index contributed by atoms with van der Waals surface area (Å²) in [4.78, 5) is 54.3. The number of aliphatic carboxylic acids is 2. The zero-order chi connectivity index (χ0) is 29.3. The molecule has 2 heterocycles. The number of thiocarbonyl (C=S) groups is 1. The summed E-state index contributed by atoms with van der Waals surface area (Å²) >= 11 is 8.22. The molecule has 15 heteroatoms. The molecule has 12 nitrogen and oxygen atoms in total. The van der Waals surface area contributed by atoms with Crippen LogP contribution in [0.5, 0.6) is 0 Å². The molecule has 0 aliphatic carbocycles. The number of carbonyl (C=O) groups excluding carboxylic acids is 2. The van der Waals surface area contributed by atoms with Gasteiger partial charge >= 0.3 is 11.9 Å². The Balaban J connectivity index is 2.01. The van der Waals surface area contributed by atoms with Crippen molar-refractivity contribution in [2.24, 2.45) is 5.73 Å². The highest BCUT2D eigenvalue weighted by Gasteiger charge is 2.66. The van der Waals surface area contributed by atoms with Gasteiger partial charge in [0.15, 0.2) is 0 Å². The number of hydrogen-bond acceptors (Lipinski definition) is 10. The number of nitrogens with one attached hydrogen (secondary N) is 1. The molecule has 2 aliphatic heterocycles. The van der Waals surface area contributed by atoms with Gasteiger partial charge < -0.3 is 35.8 Å². The summed E-state index contributed by atoms with van der Waals surface area (Å²) in [7, 11) is 3.19. The van der Waals surface area contributed by atoms with Crippen LogP contribution in [0, 0.1) is 0 Å². The molecule has 0 bridgehead atoms. The van der Waals surface area contributed by atoms with E-state index < -0.39 is 40.9 Å². The first kappa shape index (κ1) is 33.3. The van der Waals surface area contributed by atoms with Crippen molar-refractivity contribution in [1.82, 2.24) is 20.0 Å². The Morgan fingerprint density at radius 1 is 1.28 bits per heavy atom. The number of methoxy groups -OCH3 is 1. The van der Waals surface area contributed by atoms with E-state index in [1.54, 1.807) is 0 Å². The molecule has 39 heavy (non-hydrogen) atoms. The van der Waals surface area contributed by atoms with Crippen LogP contribution in [0.1, 0.15) is 39.5 Å². The number of nitrogens with two attached hydrogens (primary N) is 1. The monoisotopic (exact) mass is 605 g/mol. The number of amides is 2. The fraction of sp³-hybridized carbons (Fsp3) is 0.708. The van der Waals surface area contributed by atoms with Gasteiger partial charge in [0, 0.05) is 38.6 Å². The molecule has 2 amide bonds. The van der Waals surface area contributed by atoms with Crippen molar-refractivity contribution in [1.29, 1.82) is 0 Å². The summed E-state index contributed by atoms with van der Waals surface area (Å²) < 4.78 is 6.09. The molecule has 5 N–H and O–H groups in total. The molecule has 220 valence electrons. The second-order valence-electron chi connectivity index (χ2n) is 9.28. The van der Waals surface area contributed by atoms with Crippen LogP contribution in [0.15, 0.2) is 11.3 Å². The maximum Gasteiger partial charge on any atom is 0.352 e.